The molecule has 0 aliphatic carbocycles. The molecule has 10 heteroatoms. The number of allylic oxidation sites excluding steroid dienone is 4. The van der Waals surface area contributed by atoms with Gasteiger partial charge in [0.05, 0.1) is 30.8 Å². The number of rotatable bonds is 13. The highest BCUT2D eigenvalue weighted by atomic mass is 16.5. The van der Waals surface area contributed by atoms with Crippen molar-refractivity contribution in [3.8, 4) is 24.4 Å². The van der Waals surface area contributed by atoms with Crippen LogP contribution in [0.3, 0.4) is 0 Å². The van der Waals surface area contributed by atoms with E-state index in [1.807, 2.05) is 53.6 Å². The first kappa shape index (κ1) is 45.1. The first-order valence-corrected chi connectivity index (χ1v) is 24.3. The molecule has 5 aromatic carbocycles. The molecule has 1 aromatic heterocycles. The zero-order valence-electron chi connectivity index (χ0n) is 39.3. The van der Waals surface area contributed by atoms with Crippen LogP contribution in [0.15, 0.2) is 164 Å². The molecule has 6 aromatic rings. The van der Waals surface area contributed by atoms with E-state index in [0.29, 0.717) is 50.9 Å². The lowest BCUT2D eigenvalue weighted by Gasteiger charge is -2.48. The molecule has 10 rings (SSSR count). The van der Waals surface area contributed by atoms with Gasteiger partial charge in [0, 0.05) is 68.0 Å². The average molecular weight is 911 g/mol. The Morgan fingerprint density at radius 3 is 2.20 bits per heavy atom. The number of carbonyl (C=O) groups excluding carboxylic acids is 1. The number of hydrogen-bond acceptors (Lipinski definition) is 9. The van der Waals surface area contributed by atoms with Gasteiger partial charge in [0.25, 0.3) is 5.91 Å². The van der Waals surface area contributed by atoms with Crippen molar-refractivity contribution in [3.05, 3.63) is 197 Å². The van der Waals surface area contributed by atoms with E-state index in [1.54, 1.807) is 0 Å². The molecule has 0 saturated carbocycles. The Balaban J connectivity index is 0.993. The van der Waals surface area contributed by atoms with Gasteiger partial charge in [-0.3, -0.25) is 9.69 Å². The molecule has 69 heavy (non-hydrogen) atoms. The number of fused-ring (bicyclic) bond motifs is 2. The van der Waals surface area contributed by atoms with E-state index in [1.165, 1.54) is 22.0 Å². The third-order valence-electron chi connectivity index (χ3n) is 14.4. The lowest BCUT2D eigenvalue weighted by atomic mass is 9.75. The fraction of sp³-hybridized carbons (Fsp3) is 0.288. The Hall–Kier alpha value is -7.66. The number of nitriles is 1. The third kappa shape index (κ3) is 8.85. The number of likely N-dealkylation sites (tertiary alicyclic amines) is 1. The maximum absolute atomic E-state index is 15.6. The van der Waals surface area contributed by atoms with E-state index in [4.69, 9.17) is 21.1 Å². The minimum atomic E-state index is -0.924. The molecule has 4 aliphatic heterocycles. The maximum atomic E-state index is 15.6. The summed E-state index contributed by atoms with van der Waals surface area (Å²) in [7, 11) is 0. The van der Waals surface area contributed by atoms with Crippen LogP contribution in [-0.4, -0.2) is 88.5 Å². The van der Waals surface area contributed by atoms with Crippen LogP contribution in [0.4, 0.5) is 11.5 Å². The monoisotopic (exact) mass is 910 g/mol. The van der Waals surface area contributed by atoms with Crippen LogP contribution in [0.1, 0.15) is 59.2 Å². The minimum Gasteiger partial charge on any atom is -0.462 e. The summed E-state index contributed by atoms with van der Waals surface area (Å²) in [5, 5.41) is 12.9. The lowest BCUT2D eigenvalue weighted by Crippen LogP contribution is -2.58. The highest BCUT2D eigenvalue weighted by molar-refractivity contribution is 5.97. The van der Waals surface area contributed by atoms with Crippen LogP contribution in [0.2, 0.25) is 0 Å². The predicted octanol–water partition coefficient (Wildman–Crippen LogP) is 9.56. The average Bonchev–Trinajstić information content (AvgIpc) is 3.71. The first-order chi connectivity index (χ1) is 34.0. The number of ether oxygens (including phenoxy) is 1. The second-order valence-corrected chi connectivity index (χ2v) is 18.4. The summed E-state index contributed by atoms with van der Waals surface area (Å²) >= 11 is 0. The second kappa shape index (κ2) is 20.3. The highest BCUT2D eigenvalue weighted by Crippen LogP contribution is 2.46. The van der Waals surface area contributed by atoms with Crippen molar-refractivity contribution in [1.82, 2.24) is 24.7 Å². The topological polar surface area (TPSA) is 92.1 Å². The van der Waals surface area contributed by atoms with Gasteiger partial charge in [0.15, 0.2) is 0 Å². The standard InChI is InChI=1S/C59H58N8O2/c1-3-4-35-63-36-19-29-50(63)43-69-58-61-52-42-64(53-31-18-22-45-21-17-20-44(2)55(45)53)38-33-51(52)56(62-58)65-39-40-66(49(41-65)32-34-60)57(68)54-30-15-8-16-37-67(54)59(46-23-9-5-10-24-46,47-25-11-6-12-26-47)48-27-13-7-14-28-48/h1,5-18,20-28,30-31,37,49-50H,4,19,29,32-33,35-36,38-43H2,2H3/t49-,50-/m0/s1. The number of aryl methyl sites for hydroxylation is 1. The smallest absolute Gasteiger partial charge is 0.318 e. The van der Waals surface area contributed by atoms with Crippen molar-refractivity contribution in [1.29, 1.82) is 5.26 Å². The van der Waals surface area contributed by atoms with Gasteiger partial charge in [-0.1, -0.05) is 133 Å². The molecule has 0 unspecified atom stereocenters. The van der Waals surface area contributed by atoms with E-state index in [0.717, 1.165) is 72.7 Å². The summed E-state index contributed by atoms with van der Waals surface area (Å²) < 4.78 is 6.60. The third-order valence-corrected chi connectivity index (χ3v) is 14.4. The first-order valence-electron chi connectivity index (χ1n) is 24.3. The number of anilines is 2. The quantitative estimate of drug-likeness (QED) is 0.0831. The highest BCUT2D eigenvalue weighted by Gasteiger charge is 2.46. The number of hydrogen-bond donors (Lipinski definition) is 0. The summed E-state index contributed by atoms with van der Waals surface area (Å²) in [5.74, 6) is 3.48. The number of benzene rings is 5. The number of carbonyl (C=O) groups is 1. The zero-order chi connectivity index (χ0) is 47.2. The van der Waals surface area contributed by atoms with Gasteiger partial charge >= 0.3 is 6.01 Å². The molecule has 4 aliphatic rings. The van der Waals surface area contributed by atoms with Crippen molar-refractivity contribution < 1.29 is 9.53 Å². The molecule has 346 valence electrons. The van der Waals surface area contributed by atoms with E-state index >= 15 is 4.79 Å². The lowest BCUT2D eigenvalue weighted by molar-refractivity contribution is -0.131. The van der Waals surface area contributed by atoms with Crippen LogP contribution in [-0.2, 0) is 23.3 Å². The second-order valence-electron chi connectivity index (χ2n) is 18.4. The van der Waals surface area contributed by atoms with E-state index in [-0.39, 0.29) is 18.4 Å². The Bertz CT molecular complexity index is 2870. The summed E-state index contributed by atoms with van der Waals surface area (Å²) in [6.07, 6.45) is 19.2. The number of amides is 1. The molecule has 0 radical (unpaired) electrons. The summed E-state index contributed by atoms with van der Waals surface area (Å²) in [6.45, 7) is 7.22. The van der Waals surface area contributed by atoms with E-state index in [9.17, 15) is 5.26 Å². The van der Waals surface area contributed by atoms with Gasteiger partial charge in [-0.05, 0) is 78.6 Å². The van der Waals surface area contributed by atoms with Crippen LogP contribution >= 0.6 is 0 Å². The fourth-order valence-electron chi connectivity index (χ4n) is 11.1. The molecule has 5 heterocycles. The predicted molar refractivity (Wildman–Crippen MR) is 274 cm³/mol. The van der Waals surface area contributed by atoms with E-state index in [2.05, 4.69) is 148 Å². The molecule has 10 nitrogen and oxygen atoms in total. The van der Waals surface area contributed by atoms with Crippen molar-refractivity contribution in [3.63, 3.8) is 0 Å². The van der Waals surface area contributed by atoms with Gasteiger partial charge in [0.1, 0.15) is 23.7 Å². The van der Waals surface area contributed by atoms with Gasteiger partial charge in [-0.25, -0.2) is 0 Å². The van der Waals surface area contributed by atoms with Crippen molar-refractivity contribution >= 4 is 28.2 Å². The van der Waals surface area contributed by atoms with Crippen molar-refractivity contribution in [2.75, 3.05) is 55.7 Å². The summed E-state index contributed by atoms with van der Waals surface area (Å²) in [4.78, 5) is 37.2. The number of aromatic nitrogens is 2. The largest absolute Gasteiger partial charge is 0.462 e. The van der Waals surface area contributed by atoms with Gasteiger partial charge in [0.2, 0.25) is 0 Å². The Labute approximate surface area is 406 Å². The molecule has 2 saturated heterocycles. The summed E-state index contributed by atoms with van der Waals surface area (Å²) in [6, 6.07) is 46.8. The SMILES string of the molecule is C#CCCN1CCC[C@H]1COc1nc2c(c(N3CCN(C(=O)C4=CC=CC=CN4C(c4ccccc4)(c4ccccc4)c4ccccc4)[C@@H](CC#N)C3)n1)CCN(c1cccc3cccc(C)c13)C2. The maximum Gasteiger partial charge on any atom is 0.318 e. The van der Waals surface area contributed by atoms with E-state index < -0.39 is 11.6 Å². The minimum absolute atomic E-state index is 0.140. The van der Waals surface area contributed by atoms with Crippen LogP contribution < -0.4 is 14.5 Å². The molecular formula is C59H58N8O2. The van der Waals surface area contributed by atoms with Crippen molar-refractivity contribution in [2.24, 2.45) is 0 Å². The van der Waals surface area contributed by atoms with Gasteiger partial charge in [-0.2, -0.15) is 15.2 Å². The Morgan fingerprint density at radius 2 is 1.51 bits per heavy atom. The molecular weight excluding hydrogens is 853 g/mol. The molecule has 0 spiro atoms. The molecule has 0 N–H and O–H groups in total. The molecule has 2 atom stereocenters. The summed E-state index contributed by atoms with van der Waals surface area (Å²) in [5.41, 5.74) is 7.09. The zero-order valence-corrected chi connectivity index (χ0v) is 39.3. The van der Waals surface area contributed by atoms with Crippen LogP contribution in [0.5, 0.6) is 6.01 Å². The molecule has 2 fully saturated rings. The van der Waals surface area contributed by atoms with Crippen molar-refractivity contribution in [2.45, 2.75) is 63.2 Å². The fourth-order valence-corrected chi connectivity index (χ4v) is 11.1. The van der Waals surface area contributed by atoms with Crippen LogP contribution in [0.25, 0.3) is 10.8 Å². The molecule has 0 bridgehead atoms. The van der Waals surface area contributed by atoms with Gasteiger partial charge in [-0.15, -0.1) is 12.3 Å². The normalized spacial score (nSPS) is 18.3. The number of terminal acetylenes is 1. The number of nitrogens with zero attached hydrogens (tertiary/aromatic N) is 8. The Morgan fingerprint density at radius 1 is 0.797 bits per heavy atom. The molecule has 1 amide bonds. The number of piperazine rings is 1. The Kier molecular flexibility index (Phi) is 13.3. The van der Waals surface area contributed by atoms with Gasteiger partial charge < -0.3 is 24.3 Å². The van der Waals surface area contributed by atoms with Crippen LogP contribution in [0, 0.1) is 30.6 Å².